The van der Waals surface area contributed by atoms with Crippen molar-refractivity contribution in [1.29, 1.82) is 0 Å². The van der Waals surface area contributed by atoms with Crippen molar-refractivity contribution in [3.8, 4) is 11.4 Å². The second kappa shape index (κ2) is 6.15. The van der Waals surface area contributed by atoms with E-state index in [1.165, 1.54) is 12.1 Å². The lowest BCUT2D eigenvalue weighted by Gasteiger charge is -1.98. The first-order chi connectivity index (χ1) is 11.0. The maximum absolute atomic E-state index is 12.0. The zero-order valence-corrected chi connectivity index (χ0v) is 12.9. The number of thiophene rings is 1. The molecule has 23 heavy (non-hydrogen) atoms. The van der Waals surface area contributed by atoms with Gasteiger partial charge >= 0.3 is 5.00 Å². The zero-order chi connectivity index (χ0) is 16.4. The molecule has 0 unspecified atom stereocenters. The van der Waals surface area contributed by atoms with Crippen LogP contribution in [0, 0.1) is 10.1 Å². The molecular formula is C13H8ClN5O3S. The number of H-pyrrole nitrogens is 1. The number of nitrogens with one attached hydrogen (secondary N) is 2. The van der Waals surface area contributed by atoms with Gasteiger partial charge in [-0.1, -0.05) is 35.1 Å². The minimum Gasteiger partial charge on any atom is -0.288 e. The van der Waals surface area contributed by atoms with Crippen molar-refractivity contribution in [2.45, 2.75) is 0 Å². The molecule has 116 valence electrons. The minimum absolute atomic E-state index is 0.0565. The Labute approximate surface area is 138 Å². The van der Waals surface area contributed by atoms with Crippen LogP contribution < -0.4 is 5.32 Å². The van der Waals surface area contributed by atoms with Crippen LogP contribution in [0.5, 0.6) is 0 Å². The number of benzene rings is 1. The average molecular weight is 350 g/mol. The van der Waals surface area contributed by atoms with Crippen LogP contribution in [0.4, 0.5) is 10.9 Å². The molecule has 0 aliphatic heterocycles. The molecule has 0 aliphatic rings. The van der Waals surface area contributed by atoms with Gasteiger partial charge in [-0.3, -0.25) is 25.3 Å². The second-order valence-electron chi connectivity index (χ2n) is 4.34. The van der Waals surface area contributed by atoms with E-state index in [0.29, 0.717) is 16.4 Å². The average Bonchev–Trinajstić information content (AvgIpc) is 3.16. The summed E-state index contributed by atoms with van der Waals surface area (Å²) in [7, 11) is 0. The lowest BCUT2D eigenvalue weighted by Crippen LogP contribution is -2.11. The molecule has 0 saturated carbocycles. The molecule has 0 radical (unpaired) electrons. The number of carbonyl (C=O) groups excluding carboxylic acids is 1. The molecule has 2 aromatic heterocycles. The Balaban J connectivity index is 1.77. The Morgan fingerprint density at radius 3 is 2.78 bits per heavy atom. The fourth-order valence-electron chi connectivity index (χ4n) is 1.80. The number of carbonyl (C=O) groups is 1. The van der Waals surface area contributed by atoms with Crippen LogP contribution in [-0.2, 0) is 0 Å². The van der Waals surface area contributed by atoms with Crippen LogP contribution in [0.3, 0.4) is 0 Å². The highest BCUT2D eigenvalue weighted by Gasteiger charge is 2.17. The van der Waals surface area contributed by atoms with Gasteiger partial charge in [-0.25, -0.2) is 0 Å². The summed E-state index contributed by atoms with van der Waals surface area (Å²) in [5, 5.41) is 20.1. The van der Waals surface area contributed by atoms with E-state index in [9.17, 15) is 14.9 Å². The van der Waals surface area contributed by atoms with Gasteiger partial charge in [0, 0.05) is 11.6 Å². The first kappa shape index (κ1) is 15.1. The smallest absolute Gasteiger partial charge is 0.288 e. The molecule has 3 rings (SSSR count). The predicted octanol–water partition coefficient (Wildman–Crippen LogP) is 3.35. The molecule has 0 fully saturated rings. The van der Waals surface area contributed by atoms with E-state index in [2.05, 4.69) is 20.5 Å². The normalized spacial score (nSPS) is 10.5. The first-order valence-electron chi connectivity index (χ1n) is 6.27. The van der Waals surface area contributed by atoms with E-state index in [0.717, 1.165) is 11.3 Å². The van der Waals surface area contributed by atoms with Crippen molar-refractivity contribution in [2.24, 2.45) is 0 Å². The van der Waals surface area contributed by atoms with Gasteiger partial charge in [0.2, 0.25) is 5.95 Å². The summed E-state index contributed by atoms with van der Waals surface area (Å²) in [4.78, 5) is 26.4. The van der Waals surface area contributed by atoms with Crippen LogP contribution >= 0.6 is 22.9 Å². The van der Waals surface area contributed by atoms with Crippen LogP contribution in [0.1, 0.15) is 9.67 Å². The molecule has 1 amide bonds. The van der Waals surface area contributed by atoms with Gasteiger partial charge in [0.25, 0.3) is 5.91 Å². The SMILES string of the molecule is O=C(Nc1n[nH]c(-c2ccccc2Cl)n1)c1ccc([N+](=O)[O-])s1. The van der Waals surface area contributed by atoms with Gasteiger partial charge in [0.05, 0.1) is 14.8 Å². The summed E-state index contributed by atoms with van der Waals surface area (Å²) in [6.45, 7) is 0. The Morgan fingerprint density at radius 2 is 2.09 bits per heavy atom. The van der Waals surface area contributed by atoms with Crippen molar-refractivity contribution >= 4 is 39.8 Å². The van der Waals surface area contributed by atoms with Crippen LogP contribution in [0.15, 0.2) is 36.4 Å². The van der Waals surface area contributed by atoms with Gasteiger partial charge in [-0.05, 0) is 18.2 Å². The van der Waals surface area contributed by atoms with E-state index in [1.807, 2.05) is 0 Å². The molecule has 10 heteroatoms. The molecule has 8 nitrogen and oxygen atoms in total. The Kier molecular flexibility index (Phi) is 4.04. The number of halogens is 1. The first-order valence-corrected chi connectivity index (χ1v) is 7.47. The summed E-state index contributed by atoms with van der Waals surface area (Å²) in [6.07, 6.45) is 0. The number of nitro groups is 1. The van der Waals surface area contributed by atoms with Crippen molar-refractivity contribution in [3.05, 3.63) is 56.4 Å². The van der Waals surface area contributed by atoms with E-state index in [4.69, 9.17) is 11.6 Å². The number of rotatable bonds is 4. The zero-order valence-electron chi connectivity index (χ0n) is 11.3. The van der Waals surface area contributed by atoms with Gasteiger partial charge < -0.3 is 0 Å². The van der Waals surface area contributed by atoms with Crippen LogP contribution in [0.2, 0.25) is 5.02 Å². The van der Waals surface area contributed by atoms with E-state index >= 15 is 0 Å². The molecule has 0 aliphatic carbocycles. The summed E-state index contributed by atoms with van der Waals surface area (Å²) in [5.41, 5.74) is 0.647. The van der Waals surface area contributed by atoms with Gasteiger partial charge in [0.1, 0.15) is 0 Å². The van der Waals surface area contributed by atoms with Gasteiger partial charge in [-0.2, -0.15) is 4.98 Å². The Hall–Kier alpha value is -2.78. The number of nitrogens with zero attached hydrogens (tertiary/aromatic N) is 3. The second-order valence-corrected chi connectivity index (χ2v) is 5.81. The molecule has 0 bridgehead atoms. The molecule has 2 N–H and O–H groups in total. The third-order valence-corrected chi connectivity index (χ3v) is 4.20. The molecule has 0 saturated heterocycles. The summed E-state index contributed by atoms with van der Waals surface area (Å²) in [5.74, 6) is -0.0585. The lowest BCUT2D eigenvalue weighted by molar-refractivity contribution is -0.380. The van der Waals surface area contributed by atoms with Gasteiger partial charge in [0.15, 0.2) is 5.82 Å². The van der Waals surface area contributed by atoms with Crippen LogP contribution in [0.25, 0.3) is 11.4 Å². The third kappa shape index (κ3) is 3.20. The minimum atomic E-state index is -0.552. The highest BCUT2D eigenvalue weighted by atomic mass is 35.5. The fraction of sp³-hybridized carbons (Fsp3) is 0. The van der Waals surface area contributed by atoms with Crippen molar-refractivity contribution in [3.63, 3.8) is 0 Å². The number of anilines is 1. The number of aromatic amines is 1. The highest BCUT2D eigenvalue weighted by Crippen LogP contribution is 2.26. The van der Waals surface area contributed by atoms with E-state index in [1.54, 1.807) is 24.3 Å². The molecule has 3 aromatic rings. The van der Waals surface area contributed by atoms with Gasteiger partial charge in [-0.15, -0.1) is 5.10 Å². The number of hydrogen-bond acceptors (Lipinski definition) is 6. The predicted molar refractivity (Wildman–Crippen MR) is 85.8 cm³/mol. The monoisotopic (exact) mass is 349 g/mol. The molecular weight excluding hydrogens is 342 g/mol. The fourth-order valence-corrected chi connectivity index (χ4v) is 2.74. The number of hydrogen-bond donors (Lipinski definition) is 2. The number of amides is 1. The maximum atomic E-state index is 12.0. The molecule has 0 spiro atoms. The van der Waals surface area contributed by atoms with Crippen molar-refractivity contribution in [2.75, 3.05) is 5.32 Å². The molecule has 1 aromatic carbocycles. The van der Waals surface area contributed by atoms with E-state index in [-0.39, 0.29) is 15.8 Å². The third-order valence-electron chi connectivity index (χ3n) is 2.84. The Morgan fingerprint density at radius 1 is 1.30 bits per heavy atom. The molecule has 2 heterocycles. The van der Waals surface area contributed by atoms with Crippen molar-refractivity contribution in [1.82, 2.24) is 15.2 Å². The topological polar surface area (TPSA) is 114 Å². The van der Waals surface area contributed by atoms with Crippen molar-refractivity contribution < 1.29 is 9.72 Å². The van der Waals surface area contributed by atoms with Crippen LogP contribution in [-0.4, -0.2) is 26.0 Å². The standard InChI is InChI=1S/C13H8ClN5O3S/c14-8-4-2-1-3-7(8)11-15-13(18-17-11)16-12(20)9-5-6-10(23-9)19(21)22/h1-6H,(H2,15,16,17,18,20). The molecule has 0 atom stereocenters. The summed E-state index contributed by atoms with van der Waals surface area (Å²) < 4.78 is 0. The quantitative estimate of drug-likeness (QED) is 0.553. The highest BCUT2D eigenvalue weighted by molar-refractivity contribution is 7.17. The summed E-state index contributed by atoms with van der Waals surface area (Å²) in [6, 6.07) is 9.70. The number of aromatic nitrogens is 3. The Bertz CT molecular complexity index is 891. The van der Waals surface area contributed by atoms with E-state index < -0.39 is 10.8 Å². The lowest BCUT2D eigenvalue weighted by atomic mass is 10.2. The largest absolute Gasteiger partial charge is 0.324 e. The maximum Gasteiger partial charge on any atom is 0.324 e. The summed E-state index contributed by atoms with van der Waals surface area (Å²) >= 11 is 6.84.